The zero-order valence-electron chi connectivity index (χ0n) is 25.0. The molecule has 0 spiro atoms. The molecule has 0 amide bonds. The van der Waals surface area contributed by atoms with Crippen LogP contribution in [0.15, 0.2) is 108 Å². The Hall–Kier alpha value is -3.53. The van der Waals surface area contributed by atoms with Crippen LogP contribution in [0.2, 0.25) is 0 Å². The van der Waals surface area contributed by atoms with Crippen molar-refractivity contribution in [2.24, 2.45) is 11.0 Å². The zero-order valence-corrected chi connectivity index (χ0v) is 29.0. The molecule has 1 aliphatic carbocycles. The van der Waals surface area contributed by atoms with Gasteiger partial charge in [-0.3, -0.25) is 0 Å². The maximum atomic E-state index is 13.3. The lowest BCUT2D eigenvalue weighted by Crippen LogP contribution is -2.28. The molecule has 2 aliphatic rings. The molecule has 0 N–H and O–H groups in total. The largest absolute Gasteiger partial charge is 0.422 e. The highest BCUT2D eigenvalue weighted by Gasteiger charge is 2.43. The van der Waals surface area contributed by atoms with Crippen LogP contribution in [-0.4, -0.2) is 23.8 Å². The van der Waals surface area contributed by atoms with Gasteiger partial charge in [0.15, 0.2) is 0 Å². The highest BCUT2D eigenvalue weighted by atomic mass is 79.9. The Bertz CT molecular complexity index is 1980. The predicted octanol–water partition coefficient (Wildman–Crippen LogP) is 10.1. The summed E-state index contributed by atoms with van der Waals surface area (Å²) in [7, 11) is 0. The van der Waals surface area contributed by atoms with Crippen molar-refractivity contribution in [1.29, 1.82) is 0 Å². The second-order valence-corrected chi connectivity index (χ2v) is 14.2. The molecule has 2 atom stereocenters. The molecule has 7 rings (SSSR count). The van der Waals surface area contributed by atoms with Crippen molar-refractivity contribution in [2.45, 2.75) is 39.2 Å². The van der Waals surface area contributed by atoms with E-state index in [-0.39, 0.29) is 17.6 Å². The number of hydrogen-bond acceptors (Lipinski definition) is 7. The van der Waals surface area contributed by atoms with Crippen molar-refractivity contribution in [3.8, 4) is 10.4 Å². The molecular weight excluding hydrogens is 712 g/mol. The number of benzene rings is 3. The van der Waals surface area contributed by atoms with E-state index in [1.807, 2.05) is 18.2 Å². The highest BCUT2D eigenvalue weighted by molar-refractivity contribution is 9.10. The predicted molar refractivity (Wildman–Crippen MR) is 193 cm³/mol. The number of fused-ring (bicyclic) bond motifs is 2. The quantitative estimate of drug-likeness (QED) is 0.155. The molecule has 2 aromatic heterocycles. The molecule has 6 nitrogen and oxygen atoms in total. The molecule has 0 saturated heterocycles. The van der Waals surface area contributed by atoms with Crippen LogP contribution < -0.4 is 15.5 Å². The minimum absolute atomic E-state index is 0.00669. The molecule has 3 heterocycles. The van der Waals surface area contributed by atoms with Crippen molar-refractivity contribution in [3.05, 3.63) is 115 Å². The summed E-state index contributed by atoms with van der Waals surface area (Å²) in [4.78, 5) is 21.1. The van der Waals surface area contributed by atoms with E-state index in [4.69, 9.17) is 14.5 Å². The van der Waals surface area contributed by atoms with Gasteiger partial charge in [-0.05, 0) is 98.4 Å². The number of hydrogen-bond donors (Lipinski definition) is 0. The first-order chi connectivity index (χ1) is 21.9. The fourth-order valence-corrected chi connectivity index (χ4v) is 7.90. The second kappa shape index (κ2) is 12.7. The lowest BCUT2D eigenvalue weighted by molar-refractivity contribution is 0.487. The maximum absolute atomic E-state index is 13.3. The topological polar surface area (TPSA) is 61.9 Å². The summed E-state index contributed by atoms with van der Waals surface area (Å²) in [6, 6.07) is 24.9. The summed E-state index contributed by atoms with van der Waals surface area (Å²) >= 11 is 8.63. The van der Waals surface area contributed by atoms with E-state index >= 15 is 0 Å². The fourth-order valence-electron chi connectivity index (χ4n) is 6.46. The number of halogens is 2. The number of nitrogens with zero attached hydrogens (tertiary/aromatic N) is 4. The van der Waals surface area contributed by atoms with Gasteiger partial charge in [-0.2, -0.15) is 5.10 Å². The van der Waals surface area contributed by atoms with Gasteiger partial charge in [0.25, 0.3) is 0 Å². The number of hydrazone groups is 1. The van der Waals surface area contributed by atoms with Gasteiger partial charge in [0.2, 0.25) is 5.13 Å². The van der Waals surface area contributed by atoms with Crippen LogP contribution in [0.5, 0.6) is 0 Å². The minimum Gasteiger partial charge on any atom is -0.422 e. The zero-order chi connectivity index (χ0) is 31.1. The van der Waals surface area contributed by atoms with E-state index in [0.29, 0.717) is 11.1 Å². The fraction of sp³-hybridized carbons (Fsp3) is 0.250. The Morgan fingerprint density at radius 1 is 1.00 bits per heavy atom. The Morgan fingerprint density at radius 2 is 1.73 bits per heavy atom. The van der Waals surface area contributed by atoms with Crippen molar-refractivity contribution in [3.63, 3.8) is 0 Å². The van der Waals surface area contributed by atoms with E-state index in [1.165, 1.54) is 28.0 Å². The number of aromatic nitrogens is 1. The third kappa shape index (κ3) is 5.93. The molecule has 1 fully saturated rings. The number of allylic oxidation sites excluding steroid dienone is 1. The average molecular weight is 745 g/mol. The van der Waals surface area contributed by atoms with E-state index in [9.17, 15) is 4.79 Å². The van der Waals surface area contributed by atoms with Crippen molar-refractivity contribution in [1.82, 2.24) is 4.98 Å². The summed E-state index contributed by atoms with van der Waals surface area (Å²) in [6.45, 7) is 6.02. The molecule has 45 heavy (non-hydrogen) atoms. The summed E-state index contributed by atoms with van der Waals surface area (Å²) in [5, 5.41) is 9.01. The number of thiazole rings is 1. The van der Waals surface area contributed by atoms with Crippen LogP contribution in [0.4, 0.5) is 10.8 Å². The lowest BCUT2D eigenvalue weighted by atomic mass is 9.77. The standard InChI is InChI=1S/C36H32Br2N4O2S/c1-3-41(4-2)28-17-12-24-19-30(35(43)44-31(24)20-28)32-21-39-36(45-32)42-34(23-10-15-27(38)16-11-23)29-7-5-6-25(33(29)40-42)18-22-8-13-26(37)14-9-22/h8-21,29,34H,3-7H2,1-2H3/b25-18+/t29-,34+/m1/s1. The molecule has 5 aromatic rings. The first-order valence-corrected chi connectivity index (χ1v) is 17.7. The first kappa shape index (κ1) is 30.1. The van der Waals surface area contributed by atoms with Crippen LogP contribution in [-0.2, 0) is 0 Å². The molecular formula is C36H32Br2N4O2S. The van der Waals surface area contributed by atoms with Gasteiger partial charge in [0.05, 0.1) is 22.2 Å². The highest BCUT2D eigenvalue weighted by Crippen LogP contribution is 2.48. The van der Waals surface area contributed by atoms with E-state index in [0.717, 1.165) is 68.1 Å². The summed E-state index contributed by atoms with van der Waals surface area (Å²) in [5.41, 5.74) is 6.55. The third-order valence-corrected chi connectivity index (χ3v) is 10.8. The molecule has 0 radical (unpaired) electrons. The Balaban J connectivity index is 1.27. The molecule has 0 unspecified atom stereocenters. The average Bonchev–Trinajstić information content (AvgIpc) is 3.69. The number of rotatable bonds is 7. The molecule has 1 saturated carbocycles. The summed E-state index contributed by atoms with van der Waals surface area (Å²) in [5.74, 6) is 0.236. The van der Waals surface area contributed by atoms with E-state index in [1.54, 1.807) is 6.20 Å². The molecule has 3 aromatic carbocycles. The van der Waals surface area contributed by atoms with Crippen LogP contribution in [0.3, 0.4) is 0 Å². The van der Waals surface area contributed by atoms with E-state index in [2.05, 4.69) is 116 Å². The van der Waals surface area contributed by atoms with Crippen LogP contribution in [0, 0.1) is 5.92 Å². The van der Waals surface area contributed by atoms with Crippen molar-refractivity contribution < 1.29 is 4.42 Å². The van der Waals surface area contributed by atoms with Gasteiger partial charge < -0.3 is 9.32 Å². The smallest absolute Gasteiger partial charge is 0.345 e. The first-order valence-electron chi connectivity index (χ1n) is 15.3. The third-order valence-electron chi connectivity index (χ3n) is 8.73. The Labute approximate surface area is 283 Å². The van der Waals surface area contributed by atoms with Crippen LogP contribution >= 0.6 is 43.2 Å². The molecule has 228 valence electrons. The molecule has 1 aliphatic heterocycles. The van der Waals surface area contributed by atoms with Gasteiger partial charge in [-0.15, -0.1) is 0 Å². The lowest BCUT2D eigenvalue weighted by Gasteiger charge is -2.29. The van der Waals surface area contributed by atoms with Gasteiger partial charge >= 0.3 is 5.63 Å². The Kier molecular flexibility index (Phi) is 8.50. The van der Waals surface area contributed by atoms with Gasteiger partial charge in [-0.25, -0.2) is 14.8 Å². The van der Waals surface area contributed by atoms with Crippen molar-refractivity contribution >= 4 is 76.8 Å². The number of anilines is 2. The van der Waals surface area contributed by atoms with E-state index < -0.39 is 0 Å². The SMILES string of the molecule is CCN(CC)c1ccc2cc(-c3cnc(N4N=C5/C(=C/c6ccc(Br)cc6)CCC[C@H]5[C@@H]4c4ccc(Br)cc4)s3)c(=O)oc2c1. The minimum atomic E-state index is -0.361. The van der Waals surface area contributed by atoms with Gasteiger partial charge in [0, 0.05) is 51.3 Å². The Morgan fingerprint density at radius 3 is 2.47 bits per heavy atom. The second-order valence-electron chi connectivity index (χ2n) is 11.4. The van der Waals surface area contributed by atoms with Gasteiger partial charge in [-0.1, -0.05) is 67.5 Å². The molecule has 9 heteroatoms. The maximum Gasteiger partial charge on any atom is 0.345 e. The van der Waals surface area contributed by atoms with Crippen LogP contribution in [0.25, 0.3) is 27.5 Å². The van der Waals surface area contributed by atoms with Gasteiger partial charge in [0.1, 0.15) is 5.58 Å². The monoisotopic (exact) mass is 742 g/mol. The molecule has 0 bridgehead atoms. The normalized spacial score (nSPS) is 18.8. The summed E-state index contributed by atoms with van der Waals surface area (Å²) < 4.78 is 7.97. The van der Waals surface area contributed by atoms with Crippen molar-refractivity contribution in [2.75, 3.05) is 23.0 Å². The van der Waals surface area contributed by atoms with Crippen LogP contribution in [0.1, 0.15) is 50.3 Å². The summed E-state index contributed by atoms with van der Waals surface area (Å²) in [6.07, 6.45) is 7.20.